The van der Waals surface area contributed by atoms with Gasteiger partial charge in [0.15, 0.2) is 0 Å². The number of nitrogens with zero attached hydrogens (tertiary/aromatic N) is 1. The highest BCUT2D eigenvalue weighted by molar-refractivity contribution is 6.35. The van der Waals surface area contributed by atoms with E-state index in [4.69, 9.17) is 23.2 Å². The molecule has 1 aliphatic heterocycles. The lowest BCUT2D eigenvalue weighted by atomic mass is 9.99. The Kier molecular flexibility index (Phi) is 5.73. The van der Waals surface area contributed by atoms with Crippen LogP contribution >= 0.6 is 23.2 Å². The van der Waals surface area contributed by atoms with Crippen LogP contribution in [0.15, 0.2) is 18.2 Å². The molecule has 0 saturated carbocycles. The summed E-state index contributed by atoms with van der Waals surface area (Å²) in [6.07, 6.45) is 1.90. The molecule has 1 saturated heterocycles. The lowest BCUT2D eigenvalue weighted by Gasteiger charge is -2.32. The van der Waals surface area contributed by atoms with Crippen molar-refractivity contribution in [3.8, 4) is 0 Å². The SMILES string of the molecule is C[C@H](NC(=O)N1CCC[C@H](CO)C1)c1ccc(Cl)cc1Cl. The normalized spacial score (nSPS) is 20.2. The zero-order chi connectivity index (χ0) is 15.4. The maximum atomic E-state index is 12.3. The summed E-state index contributed by atoms with van der Waals surface area (Å²) in [4.78, 5) is 14.0. The highest BCUT2D eigenvalue weighted by Crippen LogP contribution is 2.26. The lowest BCUT2D eigenvalue weighted by molar-refractivity contribution is 0.128. The van der Waals surface area contributed by atoms with E-state index in [2.05, 4.69) is 5.32 Å². The van der Waals surface area contributed by atoms with Crippen molar-refractivity contribution >= 4 is 29.2 Å². The van der Waals surface area contributed by atoms with Gasteiger partial charge in [-0.1, -0.05) is 29.3 Å². The van der Waals surface area contributed by atoms with E-state index in [1.54, 1.807) is 17.0 Å². The van der Waals surface area contributed by atoms with Crippen LogP contribution in [0.3, 0.4) is 0 Å². The highest BCUT2D eigenvalue weighted by Gasteiger charge is 2.24. The molecule has 0 bridgehead atoms. The quantitative estimate of drug-likeness (QED) is 0.891. The molecule has 2 atom stereocenters. The molecule has 0 aliphatic carbocycles. The topological polar surface area (TPSA) is 52.6 Å². The second kappa shape index (κ2) is 7.34. The molecule has 2 amide bonds. The average molecular weight is 331 g/mol. The average Bonchev–Trinajstić information content (AvgIpc) is 2.47. The van der Waals surface area contributed by atoms with E-state index >= 15 is 0 Å². The van der Waals surface area contributed by atoms with Crippen molar-refractivity contribution < 1.29 is 9.90 Å². The van der Waals surface area contributed by atoms with Crippen LogP contribution in [0, 0.1) is 5.92 Å². The molecule has 21 heavy (non-hydrogen) atoms. The van der Waals surface area contributed by atoms with Gasteiger partial charge in [-0.15, -0.1) is 0 Å². The molecule has 4 nitrogen and oxygen atoms in total. The number of carbonyl (C=O) groups is 1. The maximum absolute atomic E-state index is 12.3. The van der Waals surface area contributed by atoms with E-state index in [0.717, 1.165) is 24.9 Å². The Morgan fingerprint density at radius 3 is 2.95 bits per heavy atom. The van der Waals surface area contributed by atoms with Gasteiger partial charge in [0, 0.05) is 29.7 Å². The molecule has 2 rings (SSSR count). The third kappa shape index (κ3) is 4.25. The first kappa shape index (κ1) is 16.4. The predicted molar refractivity (Wildman–Crippen MR) is 84.8 cm³/mol. The first-order chi connectivity index (χ1) is 10.0. The standard InChI is InChI=1S/C15H20Cl2N2O2/c1-10(13-5-4-12(16)7-14(13)17)18-15(21)19-6-2-3-11(8-19)9-20/h4-5,7,10-11,20H,2-3,6,8-9H2,1H3,(H,18,21)/t10-,11-/m0/s1. The van der Waals surface area contributed by atoms with Crippen LogP contribution in [0.4, 0.5) is 4.79 Å². The van der Waals surface area contributed by atoms with E-state index in [1.165, 1.54) is 0 Å². The van der Waals surface area contributed by atoms with Crippen molar-refractivity contribution in [2.45, 2.75) is 25.8 Å². The Morgan fingerprint density at radius 1 is 1.52 bits per heavy atom. The van der Waals surface area contributed by atoms with Crippen molar-refractivity contribution in [1.82, 2.24) is 10.2 Å². The molecular formula is C15H20Cl2N2O2. The van der Waals surface area contributed by atoms with Gasteiger partial charge in [-0.25, -0.2) is 4.79 Å². The van der Waals surface area contributed by atoms with E-state index in [9.17, 15) is 9.90 Å². The van der Waals surface area contributed by atoms with Gasteiger partial charge in [0.2, 0.25) is 0 Å². The molecule has 1 aliphatic rings. The van der Waals surface area contributed by atoms with Gasteiger partial charge in [-0.3, -0.25) is 0 Å². The Morgan fingerprint density at radius 2 is 2.29 bits per heavy atom. The summed E-state index contributed by atoms with van der Waals surface area (Å²) in [5.74, 6) is 0.180. The third-order valence-electron chi connectivity index (χ3n) is 3.83. The van der Waals surface area contributed by atoms with Crippen molar-refractivity contribution in [2.75, 3.05) is 19.7 Å². The van der Waals surface area contributed by atoms with Gasteiger partial charge in [0.05, 0.1) is 6.04 Å². The fourth-order valence-electron chi connectivity index (χ4n) is 2.61. The molecule has 1 aromatic carbocycles. The molecular weight excluding hydrogens is 311 g/mol. The van der Waals surface area contributed by atoms with E-state index in [1.807, 2.05) is 13.0 Å². The number of aliphatic hydroxyl groups excluding tert-OH is 1. The fraction of sp³-hybridized carbons (Fsp3) is 0.533. The minimum atomic E-state index is -0.197. The third-order valence-corrected chi connectivity index (χ3v) is 4.40. The van der Waals surface area contributed by atoms with E-state index in [0.29, 0.717) is 16.6 Å². The molecule has 0 spiro atoms. The first-order valence-electron chi connectivity index (χ1n) is 7.12. The molecule has 0 aromatic heterocycles. The predicted octanol–water partition coefficient (Wildman–Crippen LogP) is 3.47. The maximum Gasteiger partial charge on any atom is 0.317 e. The number of rotatable bonds is 3. The molecule has 116 valence electrons. The Bertz CT molecular complexity index is 510. The van der Waals surface area contributed by atoms with Crippen molar-refractivity contribution in [3.63, 3.8) is 0 Å². The molecule has 2 N–H and O–H groups in total. The zero-order valence-electron chi connectivity index (χ0n) is 12.0. The Hall–Kier alpha value is -0.970. The minimum absolute atomic E-state index is 0.119. The first-order valence-corrected chi connectivity index (χ1v) is 7.88. The van der Waals surface area contributed by atoms with Gasteiger partial charge in [-0.05, 0) is 43.4 Å². The zero-order valence-corrected chi connectivity index (χ0v) is 13.5. The van der Waals surface area contributed by atoms with Crippen LogP contribution in [0.2, 0.25) is 10.0 Å². The van der Waals surface area contributed by atoms with Gasteiger partial charge in [0.25, 0.3) is 0 Å². The van der Waals surface area contributed by atoms with Gasteiger partial charge in [-0.2, -0.15) is 0 Å². The molecule has 1 heterocycles. The summed E-state index contributed by atoms with van der Waals surface area (Å²) in [5, 5.41) is 13.3. The van der Waals surface area contributed by atoms with Crippen molar-refractivity contribution in [3.05, 3.63) is 33.8 Å². The number of hydrogen-bond acceptors (Lipinski definition) is 2. The monoisotopic (exact) mass is 330 g/mol. The highest BCUT2D eigenvalue weighted by atomic mass is 35.5. The summed E-state index contributed by atoms with van der Waals surface area (Å²) >= 11 is 12.0. The molecule has 0 unspecified atom stereocenters. The van der Waals surface area contributed by atoms with Crippen LogP contribution in [-0.4, -0.2) is 35.7 Å². The number of piperidine rings is 1. The number of likely N-dealkylation sites (tertiary alicyclic amines) is 1. The summed E-state index contributed by atoms with van der Waals surface area (Å²) in [5.41, 5.74) is 0.838. The number of amides is 2. The summed E-state index contributed by atoms with van der Waals surface area (Å²) in [7, 11) is 0. The Labute approximate surface area is 135 Å². The minimum Gasteiger partial charge on any atom is -0.396 e. The number of nitrogens with one attached hydrogen (secondary N) is 1. The molecule has 1 aromatic rings. The van der Waals surface area contributed by atoms with Crippen LogP contribution < -0.4 is 5.32 Å². The molecule has 1 fully saturated rings. The number of carbonyl (C=O) groups excluding carboxylic acids is 1. The largest absolute Gasteiger partial charge is 0.396 e. The van der Waals surface area contributed by atoms with Gasteiger partial charge < -0.3 is 15.3 Å². The number of aliphatic hydroxyl groups is 1. The number of hydrogen-bond donors (Lipinski definition) is 2. The van der Waals surface area contributed by atoms with Crippen LogP contribution in [0.25, 0.3) is 0 Å². The van der Waals surface area contributed by atoms with E-state index in [-0.39, 0.29) is 24.6 Å². The second-order valence-corrected chi connectivity index (χ2v) is 6.32. The van der Waals surface area contributed by atoms with Crippen molar-refractivity contribution in [2.24, 2.45) is 5.92 Å². The number of benzene rings is 1. The van der Waals surface area contributed by atoms with E-state index < -0.39 is 0 Å². The number of halogens is 2. The van der Waals surface area contributed by atoms with Crippen LogP contribution in [-0.2, 0) is 0 Å². The van der Waals surface area contributed by atoms with Crippen LogP contribution in [0.5, 0.6) is 0 Å². The fourth-order valence-corrected chi connectivity index (χ4v) is 3.18. The smallest absolute Gasteiger partial charge is 0.317 e. The number of urea groups is 1. The van der Waals surface area contributed by atoms with Gasteiger partial charge in [0.1, 0.15) is 0 Å². The van der Waals surface area contributed by atoms with Gasteiger partial charge >= 0.3 is 6.03 Å². The Balaban J connectivity index is 1.98. The molecule has 6 heteroatoms. The van der Waals surface area contributed by atoms with Crippen molar-refractivity contribution in [1.29, 1.82) is 0 Å². The lowest BCUT2D eigenvalue weighted by Crippen LogP contribution is -2.46. The van der Waals surface area contributed by atoms with Crippen LogP contribution in [0.1, 0.15) is 31.4 Å². The molecule has 0 radical (unpaired) electrons. The summed E-state index contributed by atoms with van der Waals surface area (Å²) < 4.78 is 0. The summed E-state index contributed by atoms with van der Waals surface area (Å²) in [6, 6.07) is 4.93. The summed E-state index contributed by atoms with van der Waals surface area (Å²) in [6.45, 7) is 3.34. The second-order valence-electron chi connectivity index (χ2n) is 5.47.